The maximum atomic E-state index is 13.7. The second-order valence-electron chi connectivity index (χ2n) is 7.42. The number of aryl methyl sites for hydroxylation is 1. The topological polar surface area (TPSA) is 43.9 Å². The molecule has 5 aromatic rings. The lowest BCUT2D eigenvalue weighted by Gasteiger charge is -2.07. The van der Waals surface area contributed by atoms with Crippen molar-refractivity contribution in [2.75, 3.05) is 0 Å². The van der Waals surface area contributed by atoms with Crippen LogP contribution in [0.1, 0.15) is 18.2 Å². The van der Waals surface area contributed by atoms with Crippen LogP contribution in [0, 0.1) is 0 Å². The van der Waals surface area contributed by atoms with Crippen molar-refractivity contribution in [1.29, 1.82) is 0 Å². The Balaban J connectivity index is 1.52. The van der Waals surface area contributed by atoms with Gasteiger partial charge in [0.05, 0.1) is 4.88 Å². The van der Waals surface area contributed by atoms with Crippen LogP contribution in [0.4, 0.5) is 13.2 Å². The number of thiophene rings is 1. The van der Waals surface area contributed by atoms with Gasteiger partial charge in [-0.1, -0.05) is 42.4 Å². The number of hydrogen-bond donors (Lipinski definition) is 0. The van der Waals surface area contributed by atoms with E-state index in [0.717, 1.165) is 29.4 Å². The summed E-state index contributed by atoms with van der Waals surface area (Å²) in [4.78, 5) is 3.99. The number of hydrogen-bond acceptors (Lipinski definition) is 4. The van der Waals surface area contributed by atoms with Gasteiger partial charge in [0.15, 0.2) is 0 Å². The molecule has 0 fully saturated rings. The fourth-order valence-electron chi connectivity index (χ4n) is 3.76. The molecule has 0 N–H and O–H groups in total. The number of rotatable bonds is 5. The lowest BCUT2D eigenvalue weighted by atomic mass is 10.1. The highest BCUT2D eigenvalue weighted by Gasteiger charge is 2.37. The van der Waals surface area contributed by atoms with E-state index < -0.39 is 11.1 Å². The Hall–Kier alpha value is -3.39. The van der Waals surface area contributed by atoms with Gasteiger partial charge in [-0.3, -0.25) is 0 Å². The van der Waals surface area contributed by atoms with Crippen LogP contribution >= 0.6 is 11.3 Å². The van der Waals surface area contributed by atoms with Gasteiger partial charge in [-0.25, -0.2) is 0 Å². The van der Waals surface area contributed by atoms with Crippen molar-refractivity contribution < 1.29 is 17.7 Å². The molecule has 0 spiro atoms. The van der Waals surface area contributed by atoms with Gasteiger partial charge in [-0.05, 0) is 42.3 Å². The van der Waals surface area contributed by atoms with Gasteiger partial charge < -0.3 is 9.09 Å². The molecule has 162 valence electrons. The SMILES string of the molecule is CCCn1ccc2cc(-c3noc(-c4cc(-c5ccccc5)c(C(F)(F)F)s4)n3)ccc21. The van der Waals surface area contributed by atoms with Gasteiger partial charge in [-0.15, -0.1) is 11.3 Å². The van der Waals surface area contributed by atoms with Crippen LogP contribution in [0.2, 0.25) is 0 Å². The normalized spacial score (nSPS) is 12.0. The zero-order valence-electron chi connectivity index (χ0n) is 17.1. The third-order valence-electron chi connectivity index (χ3n) is 5.20. The van der Waals surface area contributed by atoms with Crippen LogP contribution in [-0.2, 0) is 12.7 Å². The van der Waals surface area contributed by atoms with Crippen molar-refractivity contribution in [2.24, 2.45) is 0 Å². The van der Waals surface area contributed by atoms with Gasteiger partial charge in [0.1, 0.15) is 4.88 Å². The van der Waals surface area contributed by atoms with E-state index in [1.54, 1.807) is 30.3 Å². The van der Waals surface area contributed by atoms with E-state index in [2.05, 4.69) is 21.6 Å². The number of nitrogens with zero attached hydrogens (tertiary/aromatic N) is 3. The maximum Gasteiger partial charge on any atom is 0.426 e. The van der Waals surface area contributed by atoms with E-state index in [1.165, 1.54) is 6.07 Å². The molecule has 32 heavy (non-hydrogen) atoms. The van der Waals surface area contributed by atoms with E-state index in [4.69, 9.17) is 4.52 Å². The van der Waals surface area contributed by atoms with Crippen LogP contribution in [0.25, 0.3) is 44.2 Å². The minimum atomic E-state index is -4.48. The van der Waals surface area contributed by atoms with Gasteiger partial charge in [0.25, 0.3) is 5.89 Å². The number of aromatic nitrogens is 3. The monoisotopic (exact) mass is 453 g/mol. The molecule has 0 unspecified atom stereocenters. The maximum absolute atomic E-state index is 13.7. The van der Waals surface area contributed by atoms with E-state index in [-0.39, 0.29) is 16.3 Å². The van der Waals surface area contributed by atoms with Crippen molar-refractivity contribution in [3.05, 3.63) is 71.7 Å². The van der Waals surface area contributed by atoms with E-state index in [0.29, 0.717) is 22.7 Å². The number of halogens is 3. The van der Waals surface area contributed by atoms with Crippen LogP contribution in [-0.4, -0.2) is 14.7 Å². The zero-order valence-corrected chi connectivity index (χ0v) is 17.9. The molecule has 4 nitrogen and oxygen atoms in total. The Morgan fingerprint density at radius 3 is 2.56 bits per heavy atom. The molecule has 0 saturated carbocycles. The molecule has 0 saturated heterocycles. The second kappa shape index (κ2) is 7.94. The summed E-state index contributed by atoms with van der Waals surface area (Å²) >= 11 is 0.610. The first kappa shape index (κ1) is 20.5. The van der Waals surface area contributed by atoms with Crippen LogP contribution in [0.3, 0.4) is 0 Å². The minimum absolute atomic E-state index is 0.0707. The summed E-state index contributed by atoms with van der Waals surface area (Å²) in [5, 5.41) is 5.06. The Morgan fingerprint density at radius 1 is 1.00 bits per heavy atom. The number of benzene rings is 2. The van der Waals surface area contributed by atoms with Crippen LogP contribution in [0.15, 0.2) is 71.4 Å². The summed E-state index contributed by atoms with van der Waals surface area (Å²) in [7, 11) is 0. The standard InChI is InChI=1S/C24H18F3N3OS/c1-2-11-30-12-10-16-13-17(8-9-19(16)30)22-28-23(31-29-22)20-14-18(15-6-4-3-5-7-15)21(32-20)24(25,26)27/h3-10,12-14H,2,11H2,1H3. The van der Waals surface area contributed by atoms with E-state index >= 15 is 0 Å². The van der Waals surface area contributed by atoms with Crippen molar-refractivity contribution in [3.8, 4) is 33.3 Å². The molecular weight excluding hydrogens is 435 g/mol. The molecule has 0 amide bonds. The lowest BCUT2D eigenvalue weighted by molar-refractivity contribution is -0.133. The van der Waals surface area contributed by atoms with Crippen molar-refractivity contribution in [3.63, 3.8) is 0 Å². The summed E-state index contributed by atoms with van der Waals surface area (Å²) in [6, 6.07) is 17.8. The summed E-state index contributed by atoms with van der Waals surface area (Å²) in [5.41, 5.74) is 2.46. The van der Waals surface area contributed by atoms with E-state index in [1.807, 2.05) is 30.5 Å². The predicted molar refractivity (Wildman–Crippen MR) is 119 cm³/mol. The molecule has 0 aliphatic rings. The Morgan fingerprint density at radius 2 is 1.81 bits per heavy atom. The number of alkyl halides is 3. The molecule has 3 heterocycles. The highest BCUT2D eigenvalue weighted by atomic mass is 32.1. The summed E-state index contributed by atoms with van der Waals surface area (Å²) in [6.07, 6.45) is -1.41. The molecule has 2 aromatic carbocycles. The van der Waals surface area contributed by atoms with Gasteiger partial charge >= 0.3 is 6.18 Å². The summed E-state index contributed by atoms with van der Waals surface area (Å²) in [6.45, 7) is 3.05. The minimum Gasteiger partial charge on any atom is -0.347 e. The third-order valence-corrected chi connectivity index (χ3v) is 6.37. The Labute approximate surface area is 185 Å². The molecule has 8 heteroatoms. The van der Waals surface area contributed by atoms with Crippen molar-refractivity contribution in [2.45, 2.75) is 26.1 Å². The largest absolute Gasteiger partial charge is 0.426 e. The highest BCUT2D eigenvalue weighted by molar-refractivity contribution is 7.16. The van der Waals surface area contributed by atoms with Crippen molar-refractivity contribution >= 4 is 22.2 Å². The van der Waals surface area contributed by atoms with Gasteiger partial charge in [-0.2, -0.15) is 18.2 Å². The number of fused-ring (bicyclic) bond motifs is 1. The highest BCUT2D eigenvalue weighted by Crippen LogP contribution is 2.45. The van der Waals surface area contributed by atoms with E-state index in [9.17, 15) is 13.2 Å². The molecule has 0 atom stereocenters. The molecule has 3 aromatic heterocycles. The smallest absolute Gasteiger partial charge is 0.347 e. The first-order chi connectivity index (χ1) is 15.4. The average molecular weight is 453 g/mol. The average Bonchev–Trinajstić information content (AvgIpc) is 3.52. The van der Waals surface area contributed by atoms with Gasteiger partial charge in [0.2, 0.25) is 5.82 Å². The Kier molecular flexibility index (Phi) is 5.09. The molecule has 0 aliphatic heterocycles. The zero-order chi connectivity index (χ0) is 22.3. The van der Waals surface area contributed by atoms with Crippen molar-refractivity contribution in [1.82, 2.24) is 14.7 Å². The Bertz CT molecular complexity index is 1380. The first-order valence-corrected chi connectivity index (χ1v) is 11.0. The van der Waals surface area contributed by atoms with Gasteiger partial charge in [0, 0.05) is 34.8 Å². The molecule has 0 bridgehead atoms. The third kappa shape index (κ3) is 3.71. The molecule has 5 rings (SSSR count). The molecule has 0 radical (unpaired) electrons. The summed E-state index contributed by atoms with van der Waals surface area (Å²) < 4.78 is 48.6. The molecular formula is C24H18F3N3OS. The fourth-order valence-corrected chi connectivity index (χ4v) is 4.72. The lowest BCUT2D eigenvalue weighted by Crippen LogP contribution is -2.03. The van der Waals surface area contributed by atoms with Crippen LogP contribution < -0.4 is 0 Å². The predicted octanol–water partition coefficient (Wildman–Crippen LogP) is 7.52. The fraction of sp³-hybridized carbons (Fsp3) is 0.167. The summed E-state index contributed by atoms with van der Waals surface area (Å²) in [5.74, 6) is 0.412. The first-order valence-electron chi connectivity index (χ1n) is 10.1. The second-order valence-corrected chi connectivity index (χ2v) is 8.48. The molecule has 0 aliphatic carbocycles. The van der Waals surface area contributed by atoms with Crippen LogP contribution in [0.5, 0.6) is 0 Å². The quantitative estimate of drug-likeness (QED) is 0.276.